The number of benzene rings is 2. The van der Waals surface area contributed by atoms with Crippen LogP contribution in [0.4, 0.5) is 24.5 Å². The summed E-state index contributed by atoms with van der Waals surface area (Å²) >= 11 is 0. The zero-order valence-corrected chi connectivity index (χ0v) is 18.7. The predicted molar refractivity (Wildman–Crippen MR) is 115 cm³/mol. The van der Waals surface area contributed by atoms with Crippen molar-refractivity contribution >= 4 is 27.3 Å². The van der Waals surface area contributed by atoms with Gasteiger partial charge in [0.2, 0.25) is 0 Å². The molecular weight excluding hydrogens is 443 g/mol. The molecule has 0 saturated heterocycles. The SMILES string of the molecule is Cc1ccc(C(=O)NC23CC(C(F)(F)F)(C2)C3)c(NS(=O)(=O)c2ccc(N(C)C)cc2)c1. The van der Waals surface area contributed by atoms with Gasteiger partial charge < -0.3 is 10.2 Å². The highest BCUT2D eigenvalue weighted by molar-refractivity contribution is 7.92. The molecule has 0 unspecified atom stereocenters. The predicted octanol–water partition coefficient (Wildman–Crippen LogP) is 4.08. The minimum atomic E-state index is -4.27. The Bertz CT molecular complexity index is 1160. The van der Waals surface area contributed by atoms with E-state index in [1.54, 1.807) is 25.1 Å². The Morgan fingerprint density at radius 1 is 1.03 bits per heavy atom. The van der Waals surface area contributed by atoms with Crippen LogP contribution in [0.1, 0.15) is 35.2 Å². The monoisotopic (exact) mass is 467 g/mol. The third-order valence-corrected chi connectivity index (χ3v) is 7.72. The van der Waals surface area contributed by atoms with E-state index in [0.717, 1.165) is 11.3 Å². The fourth-order valence-corrected chi connectivity index (χ4v) is 5.67. The van der Waals surface area contributed by atoms with E-state index < -0.39 is 33.1 Å². The molecule has 2 aromatic carbocycles. The van der Waals surface area contributed by atoms with Crippen LogP contribution in [0.2, 0.25) is 0 Å². The Kier molecular flexibility index (Phi) is 5.00. The molecule has 2 aromatic rings. The van der Waals surface area contributed by atoms with Crippen LogP contribution in [-0.4, -0.2) is 40.1 Å². The maximum Gasteiger partial charge on any atom is 0.394 e. The van der Waals surface area contributed by atoms with Gasteiger partial charge in [-0.15, -0.1) is 0 Å². The molecule has 3 saturated carbocycles. The van der Waals surface area contributed by atoms with Gasteiger partial charge in [-0.05, 0) is 68.1 Å². The van der Waals surface area contributed by atoms with E-state index in [0.29, 0.717) is 0 Å². The van der Waals surface area contributed by atoms with Gasteiger partial charge in [-0.25, -0.2) is 8.42 Å². The standard InChI is InChI=1S/C22H24F3N3O3S/c1-14-4-9-17(19(29)26-21-11-20(12-21,13-21)22(23,24)25)18(10-14)27-32(30,31)16-7-5-15(6-8-16)28(2)3/h4-10,27H,11-13H2,1-3H3,(H,26,29). The fraction of sp³-hybridized carbons (Fsp3) is 0.409. The lowest BCUT2D eigenvalue weighted by Gasteiger charge is -2.70. The van der Waals surface area contributed by atoms with Crippen molar-refractivity contribution < 1.29 is 26.4 Å². The maximum atomic E-state index is 13.1. The molecule has 5 rings (SSSR count). The molecule has 0 heterocycles. The molecule has 0 aliphatic heterocycles. The van der Waals surface area contributed by atoms with Gasteiger partial charge in [-0.3, -0.25) is 9.52 Å². The third kappa shape index (κ3) is 3.70. The Hall–Kier alpha value is -2.75. The number of anilines is 2. The molecule has 0 spiro atoms. The van der Waals surface area contributed by atoms with Crippen LogP contribution in [0.5, 0.6) is 0 Å². The quantitative estimate of drug-likeness (QED) is 0.671. The summed E-state index contributed by atoms with van der Waals surface area (Å²) < 4.78 is 67.5. The summed E-state index contributed by atoms with van der Waals surface area (Å²) in [5.74, 6) is -0.596. The summed E-state index contributed by atoms with van der Waals surface area (Å²) in [6.45, 7) is 1.75. The Morgan fingerprint density at radius 2 is 1.62 bits per heavy atom. The summed E-state index contributed by atoms with van der Waals surface area (Å²) in [6.07, 6.45) is -4.69. The number of amides is 1. The second kappa shape index (κ2) is 7.13. The van der Waals surface area contributed by atoms with E-state index in [1.165, 1.54) is 24.3 Å². The van der Waals surface area contributed by atoms with Crippen molar-refractivity contribution in [2.45, 2.75) is 42.8 Å². The number of rotatable bonds is 6. The van der Waals surface area contributed by atoms with Crippen molar-refractivity contribution in [3.8, 4) is 0 Å². The van der Waals surface area contributed by atoms with Crippen LogP contribution >= 0.6 is 0 Å². The lowest BCUT2D eigenvalue weighted by molar-refractivity contribution is -0.336. The van der Waals surface area contributed by atoms with E-state index in [1.807, 2.05) is 19.0 Å². The van der Waals surface area contributed by atoms with Crippen molar-refractivity contribution in [3.63, 3.8) is 0 Å². The first-order valence-corrected chi connectivity index (χ1v) is 11.5. The van der Waals surface area contributed by atoms with Crippen molar-refractivity contribution in [1.29, 1.82) is 0 Å². The summed E-state index contributed by atoms with van der Waals surface area (Å²) in [7, 11) is -0.310. The summed E-state index contributed by atoms with van der Waals surface area (Å²) in [4.78, 5) is 14.7. The lowest BCUT2D eigenvalue weighted by atomic mass is 9.39. The fourth-order valence-electron chi connectivity index (χ4n) is 4.60. The van der Waals surface area contributed by atoms with Crippen LogP contribution in [0, 0.1) is 12.3 Å². The van der Waals surface area contributed by atoms with Crippen LogP contribution in [0.15, 0.2) is 47.4 Å². The minimum absolute atomic E-state index is 0.0301. The number of hydrogen-bond acceptors (Lipinski definition) is 4. The van der Waals surface area contributed by atoms with Crippen molar-refractivity contribution in [1.82, 2.24) is 5.32 Å². The molecule has 2 bridgehead atoms. The number of aryl methyl sites for hydroxylation is 1. The Morgan fingerprint density at radius 3 is 2.16 bits per heavy atom. The lowest BCUT2D eigenvalue weighted by Crippen LogP contribution is -2.78. The van der Waals surface area contributed by atoms with Gasteiger partial charge >= 0.3 is 6.18 Å². The van der Waals surface area contributed by atoms with Crippen molar-refractivity contribution in [2.24, 2.45) is 5.41 Å². The first-order chi connectivity index (χ1) is 14.8. The third-order valence-electron chi connectivity index (χ3n) is 6.34. The van der Waals surface area contributed by atoms with E-state index in [-0.39, 0.29) is 35.4 Å². The minimum Gasteiger partial charge on any atom is -0.378 e. The molecule has 32 heavy (non-hydrogen) atoms. The average Bonchev–Trinajstić information content (AvgIpc) is 2.62. The highest BCUT2D eigenvalue weighted by Gasteiger charge is 2.79. The molecule has 2 N–H and O–H groups in total. The van der Waals surface area contributed by atoms with E-state index in [4.69, 9.17) is 0 Å². The van der Waals surface area contributed by atoms with Gasteiger partial charge in [0.1, 0.15) is 0 Å². The second-order valence-electron chi connectivity index (χ2n) is 9.09. The highest BCUT2D eigenvalue weighted by atomic mass is 32.2. The van der Waals surface area contributed by atoms with Crippen LogP contribution in [0.3, 0.4) is 0 Å². The number of nitrogens with one attached hydrogen (secondary N) is 2. The molecule has 1 amide bonds. The molecule has 10 heteroatoms. The number of carbonyl (C=O) groups excluding carboxylic acids is 1. The van der Waals surface area contributed by atoms with Crippen LogP contribution < -0.4 is 14.9 Å². The number of nitrogens with zero attached hydrogens (tertiary/aromatic N) is 1. The second-order valence-corrected chi connectivity index (χ2v) is 10.8. The van der Waals surface area contributed by atoms with Gasteiger partial charge in [0.25, 0.3) is 15.9 Å². The number of carbonyl (C=O) groups is 1. The highest BCUT2D eigenvalue weighted by Crippen LogP contribution is 2.73. The Labute approximate surface area is 184 Å². The van der Waals surface area contributed by atoms with Gasteiger partial charge in [0, 0.05) is 25.3 Å². The molecule has 0 aromatic heterocycles. The first-order valence-electron chi connectivity index (χ1n) is 10.1. The Balaban J connectivity index is 1.53. The zero-order valence-electron chi connectivity index (χ0n) is 17.9. The van der Waals surface area contributed by atoms with E-state index in [9.17, 15) is 26.4 Å². The van der Waals surface area contributed by atoms with Gasteiger partial charge in [0.05, 0.1) is 21.6 Å². The molecule has 0 radical (unpaired) electrons. The van der Waals surface area contributed by atoms with Gasteiger partial charge in [0.15, 0.2) is 0 Å². The van der Waals surface area contributed by atoms with Gasteiger partial charge in [-0.2, -0.15) is 13.2 Å². The molecule has 3 fully saturated rings. The largest absolute Gasteiger partial charge is 0.394 e. The first kappa shape index (κ1) is 22.4. The number of sulfonamides is 1. The van der Waals surface area contributed by atoms with E-state index >= 15 is 0 Å². The van der Waals surface area contributed by atoms with Crippen LogP contribution in [-0.2, 0) is 10.0 Å². The van der Waals surface area contributed by atoms with Crippen molar-refractivity contribution in [2.75, 3.05) is 23.7 Å². The van der Waals surface area contributed by atoms with Crippen LogP contribution in [0.25, 0.3) is 0 Å². The summed E-state index contributed by atoms with van der Waals surface area (Å²) in [5.41, 5.74) is -0.850. The molecular formula is C22H24F3N3O3S. The molecule has 0 atom stereocenters. The normalized spacial score (nSPS) is 24.2. The van der Waals surface area contributed by atoms with E-state index in [2.05, 4.69) is 10.0 Å². The van der Waals surface area contributed by atoms with Gasteiger partial charge in [-0.1, -0.05) is 6.07 Å². The number of hydrogen-bond donors (Lipinski definition) is 2. The summed E-state index contributed by atoms with van der Waals surface area (Å²) in [5, 5.41) is 2.70. The molecule has 6 nitrogen and oxygen atoms in total. The summed E-state index contributed by atoms with van der Waals surface area (Å²) in [6, 6.07) is 10.9. The number of halogens is 3. The smallest absolute Gasteiger partial charge is 0.378 e. The molecule has 3 aliphatic carbocycles. The number of alkyl halides is 3. The molecule has 172 valence electrons. The molecule has 3 aliphatic rings. The topological polar surface area (TPSA) is 78.5 Å². The maximum absolute atomic E-state index is 13.1. The zero-order chi connectivity index (χ0) is 23.5. The average molecular weight is 468 g/mol. The van der Waals surface area contributed by atoms with Crippen molar-refractivity contribution in [3.05, 3.63) is 53.6 Å².